The Kier molecular flexibility index (Phi) is 4.74. The van der Waals surface area contributed by atoms with Crippen LogP contribution in [0.5, 0.6) is 5.75 Å². The lowest BCUT2D eigenvalue weighted by atomic mass is 10.2. The molecule has 0 aliphatic heterocycles. The second kappa shape index (κ2) is 6.52. The summed E-state index contributed by atoms with van der Waals surface area (Å²) >= 11 is 5.11. The summed E-state index contributed by atoms with van der Waals surface area (Å²) in [6.45, 7) is 0. The van der Waals surface area contributed by atoms with Gasteiger partial charge in [-0.25, -0.2) is 0 Å². The number of carbonyl (C=O) groups excluding carboxylic acids is 1. The lowest BCUT2D eigenvalue weighted by Gasteiger charge is -2.14. The quantitative estimate of drug-likeness (QED) is 0.834. The molecule has 2 rings (SSSR count). The molecule has 1 aromatic rings. The van der Waals surface area contributed by atoms with Gasteiger partial charge in [0.15, 0.2) is 4.99 Å². The first kappa shape index (κ1) is 13.8. The highest BCUT2D eigenvalue weighted by atomic mass is 32.1. The monoisotopic (exact) mass is 278 g/mol. The molecular weight excluding hydrogens is 260 g/mol. The fourth-order valence-electron chi connectivity index (χ4n) is 2.18. The van der Waals surface area contributed by atoms with E-state index in [1.54, 1.807) is 31.4 Å². The molecule has 0 bridgehead atoms. The molecule has 1 aliphatic carbocycles. The zero-order chi connectivity index (χ0) is 13.7. The average Bonchev–Trinajstić information content (AvgIpc) is 2.92. The number of thiocarbonyl (C=S) groups is 1. The number of anilines is 1. The van der Waals surface area contributed by atoms with Crippen LogP contribution in [0.3, 0.4) is 0 Å². The fourth-order valence-corrected chi connectivity index (χ4v) is 2.40. The highest BCUT2D eigenvalue weighted by Gasteiger charge is 2.18. The van der Waals surface area contributed by atoms with E-state index in [0.717, 1.165) is 18.6 Å². The van der Waals surface area contributed by atoms with Gasteiger partial charge in [-0.3, -0.25) is 4.79 Å². The van der Waals surface area contributed by atoms with Crippen LogP contribution in [-0.4, -0.2) is 24.0 Å². The van der Waals surface area contributed by atoms with Gasteiger partial charge in [0, 0.05) is 11.7 Å². The first-order valence-corrected chi connectivity index (χ1v) is 6.86. The lowest BCUT2D eigenvalue weighted by molar-refractivity contribution is -0.110. The summed E-state index contributed by atoms with van der Waals surface area (Å²) in [4.78, 5) is 12.2. The predicted octanol–water partition coefficient (Wildman–Crippen LogP) is 2.49. The van der Waals surface area contributed by atoms with E-state index >= 15 is 0 Å². The van der Waals surface area contributed by atoms with E-state index in [0.29, 0.717) is 11.7 Å². The maximum atomic E-state index is 11.9. The molecule has 0 heterocycles. The van der Waals surface area contributed by atoms with Crippen molar-refractivity contribution < 1.29 is 9.53 Å². The van der Waals surface area contributed by atoms with E-state index in [9.17, 15) is 4.79 Å². The summed E-state index contributed by atoms with van der Waals surface area (Å²) in [5, 5.41) is 5.88. The van der Waals surface area contributed by atoms with Crippen molar-refractivity contribution in [2.24, 2.45) is 0 Å². The van der Waals surface area contributed by atoms with Crippen molar-refractivity contribution in [2.75, 3.05) is 12.4 Å². The number of ether oxygens (including phenoxy) is 1. The van der Waals surface area contributed by atoms with Gasteiger partial charge in [0.1, 0.15) is 5.75 Å². The Balaban J connectivity index is 1.86. The highest BCUT2D eigenvalue weighted by molar-refractivity contribution is 7.82. The van der Waals surface area contributed by atoms with Crippen molar-refractivity contribution in [1.29, 1.82) is 0 Å². The normalized spacial score (nSPS) is 15.0. The zero-order valence-corrected chi connectivity index (χ0v) is 11.8. The maximum Gasteiger partial charge on any atom is 0.283 e. The van der Waals surface area contributed by atoms with Gasteiger partial charge in [0.2, 0.25) is 0 Å². The van der Waals surface area contributed by atoms with Crippen molar-refractivity contribution >= 4 is 28.8 Å². The number of rotatable bonds is 3. The first-order chi connectivity index (χ1) is 9.19. The number of amides is 1. The molecule has 0 unspecified atom stereocenters. The molecule has 0 radical (unpaired) electrons. The van der Waals surface area contributed by atoms with Gasteiger partial charge in [-0.1, -0.05) is 25.1 Å². The van der Waals surface area contributed by atoms with Gasteiger partial charge in [-0.05, 0) is 37.1 Å². The van der Waals surface area contributed by atoms with Crippen LogP contribution < -0.4 is 15.4 Å². The van der Waals surface area contributed by atoms with Crippen LogP contribution in [0, 0.1) is 0 Å². The van der Waals surface area contributed by atoms with E-state index in [-0.39, 0.29) is 10.9 Å². The standard InChI is InChI=1S/C14H18N2O2S/c1-18-12-8-6-11(7-9-12)15-13(17)14(19)16-10-4-2-3-5-10/h6-10H,2-5H2,1H3,(H,15,17)(H,16,19). The summed E-state index contributed by atoms with van der Waals surface area (Å²) in [6, 6.07) is 7.52. The Bertz CT molecular complexity index is 453. The van der Waals surface area contributed by atoms with Crippen molar-refractivity contribution in [1.82, 2.24) is 5.32 Å². The molecule has 5 heteroatoms. The van der Waals surface area contributed by atoms with Crippen LogP contribution in [0.4, 0.5) is 5.69 Å². The largest absolute Gasteiger partial charge is 0.497 e. The van der Waals surface area contributed by atoms with Crippen molar-refractivity contribution in [2.45, 2.75) is 31.7 Å². The molecule has 1 saturated carbocycles. The molecule has 1 aliphatic rings. The predicted molar refractivity (Wildman–Crippen MR) is 79.6 cm³/mol. The fraction of sp³-hybridized carbons (Fsp3) is 0.429. The lowest BCUT2D eigenvalue weighted by Crippen LogP contribution is -2.39. The number of nitrogens with one attached hydrogen (secondary N) is 2. The highest BCUT2D eigenvalue weighted by Crippen LogP contribution is 2.18. The summed E-state index contributed by atoms with van der Waals surface area (Å²) in [6.07, 6.45) is 4.60. The van der Waals surface area contributed by atoms with Gasteiger partial charge in [-0.15, -0.1) is 0 Å². The third-order valence-electron chi connectivity index (χ3n) is 3.24. The Morgan fingerprint density at radius 1 is 1.26 bits per heavy atom. The molecule has 0 aromatic heterocycles. The third-order valence-corrected chi connectivity index (χ3v) is 3.55. The minimum Gasteiger partial charge on any atom is -0.497 e. The van der Waals surface area contributed by atoms with Gasteiger partial charge in [0.05, 0.1) is 7.11 Å². The van der Waals surface area contributed by atoms with E-state index in [1.165, 1.54) is 12.8 Å². The zero-order valence-electron chi connectivity index (χ0n) is 10.9. The number of hydrogen-bond donors (Lipinski definition) is 2. The van der Waals surface area contributed by atoms with Gasteiger partial charge >= 0.3 is 0 Å². The molecule has 1 fully saturated rings. The maximum absolute atomic E-state index is 11.9. The molecule has 0 atom stereocenters. The van der Waals surface area contributed by atoms with E-state index < -0.39 is 0 Å². The van der Waals surface area contributed by atoms with Crippen LogP contribution in [-0.2, 0) is 4.79 Å². The number of benzene rings is 1. The molecule has 1 aromatic carbocycles. The number of carbonyl (C=O) groups is 1. The second-order valence-corrected chi connectivity index (χ2v) is 5.05. The van der Waals surface area contributed by atoms with E-state index in [4.69, 9.17) is 17.0 Å². The van der Waals surface area contributed by atoms with Gasteiger partial charge in [0.25, 0.3) is 5.91 Å². The molecule has 102 valence electrons. The molecule has 0 spiro atoms. The SMILES string of the molecule is COc1ccc(NC(=O)C(=S)NC2CCCC2)cc1. The number of hydrogen-bond acceptors (Lipinski definition) is 3. The Labute approximate surface area is 118 Å². The molecule has 0 saturated heterocycles. The molecular formula is C14H18N2O2S. The van der Waals surface area contributed by atoms with Crippen molar-refractivity contribution in [3.05, 3.63) is 24.3 Å². The Morgan fingerprint density at radius 2 is 1.89 bits per heavy atom. The van der Waals surface area contributed by atoms with Crippen molar-refractivity contribution in [3.63, 3.8) is 0 Å². The van der Waals surface area contributed by atoms with Crippen LogP contribution in [0.1, 0.15) is 25.7 Å². The van der Waals surface area contributed by atoms with Crippen LogP contribution in [0.15, 0.2) is 24.3 Å². The minimum absolute atomic E-state index is 0.257. The van der Waals surface area contributed by atoms with Gasteiger partial charge in [-0.2, -0.15) is 0 Å². The van der Waals surface area contributed by atoms with E-state index in [2.05, 4.69) is 10.6 Å². The summed E-state index contributed by atoms with van der Waals surface area (Å²) in [5.74, 6) is 0.497. The topological polar surface area (TPSA) is 50.4 Å². The van der Waals surface area contributed by atoms with Crippen molar-refractivity contribution in [3.8, 4) is 5.75 Å². The third kappa shape index (κ3) is 3.92. The summed E-state index contributed by atoms with van der Waals surface area (Å²) < 4.78 is 5.06. The van der Waals surface area contributed by atoms with Crippen LogP contribution in [0.25, 0.3) is 0 Å². The first-order valence-electron chi connectivity index (χ1n) is 6.45. The Hall–Kier alpha value is -1.62. The Morgan fingerprint density at radius 3 is 2.47 bits per heavy atom. The molecule has 2 N–H and O–H groups in total. The van der Waals surface area contributed by atoms with Crippen LogP contribution in [0.2, 0.25) is 0 Å². The molecule has 19 heavy (non-hydrogen) atoms. The molecule has 4 nitrogen and oxygen atoms in total. The summed E-state index contributed by atoms with van der Waals surface area (Å²) in [5.41, 5.74) is 0.710. The molecule has 1 amide bonds. The smallest absolute Gasteiger partial charge is 0.283 e. The second-order valence-electron chi connectivity index (χ2n) is 4.64. The average molecular weight is 278 g/mol. The number of methoxy groups -OCH3 is 1. The summed E-state index contributed by atoms with van der Waals surface area (Å²) in [7, 11) is 1.61. The van der Waals surface area contributed by atoms with Crippen LogP contribution >= 0.6 is 12.2 Å². The van der Waals surface area contributed by atoms with Gasteiger partial charge < -0.3 is 15.4 Å². The minimum atomic E-state index is -0.257. The van der Waals surface area contributed by atoms with E-state index in [1.807, 2.05) is 0 Å².